The predicted molar refractivity (Wildman–Crippen MR) is 90.7 cm³/mol. The van der Waals surface area contributed by atoms with Crippen molar-refractivity contribution >= 4 is 11.9 Å². The third-order valence-electron chi connectivity index (χ3n) is 3.74. The normalized spacial score (nSPS) is 12.0. The van der Waals surface area contributed by atoms with Gasteiger partial charge < -0.3 is 10.1 Å². The minimum Gasteiger partial charge on any atom is -0.467 e. The molecule has 0 fully saturated rings. The highest BCUT2D eigenvalue weighted by Gasteiger charge is 2.24. The zero-order valence-electron chi connectivity index (χ0n) is 14.2. The molecule has 0 saturated carbocycles. The van der Waals surface area contributed by atoms with E-state index in [1.807, 2.05) is 50.4 Å². The molecule has 1 amide bonds. The first kappa shape index (κ1) is 17.7. The monoisotopic (exact) mass is 329 g/mol. The first-order valence-electron chi connectivity index (χ1n) is 7.97. The Hall–Kier alpha value is -2.63. The third kappa shape index (κ3) is 4.68. The molecule has 0 saturated heterocycles. The number of hydrogen-bond donors (Lipinski definition) is 1. The first-order chi connectivity index (χ1) is 11.5. The fourth-order valence-corrected chi connectivity index (χ4v) is 2.34. The Morgan fingerprint density at radius 2 is 1.96 bits per heavy atom. The van der Waals surface area contributed by atoms with Gasteiger partial charge in [0.25, 0.3) is 0 Å². The molecule has 128 valence electrons. The van der Waals surface area contributed by atoms with E-state index in [0.29, 0.717) is 12.8 Å². The van der Waals surface area contributed by atoms with Crippen LogP contribution in [0.2, 0.25) is 0 Å². The molecule has 24 heavy (non-hydrogen) atoms. The Bertz CT molecular complexity index is 680. The lowest BCUT2D eigenvalue weighted by atomic mass is 10.0. The Morgan fingerprint density at radius 1 is 1.25 bits per heavy atom. The van der Waals surface area contributed by atoms with Gasteiger partial charge in [-0.05, 0) is 30.0 Å². The van der Waals surface area contributed by atoms with Crippen LogP contribution in [0.4, 0.5) is 0 Å². The van der Waals surface area contributed by atoms with Gasteiger partial charge in [-0.3, -0.25) is 4.79 Å². The molecule has 0 aliphatic heterocycles. The van der Waals surface area contributed by atoms with Gasteiger partial charge in [0, 0.05) is 12.6 Å². The molecule has 2 rings (SSSR count). The van der Waals surface area contributed by atoms with E-state index < -0.39 is 12.0 Å². The number of nitrogens with one attached hydrogen (secondary N) is 1. The number of esters is 1. The largest absolute Gasteiger partial charge is 0.467 e. The molecule has 0 aliphatic rings. The molecule has 1 aromatic carbocycles. The molecule has 1 aromatic heterocycles. The smallest absolute Gasteiger partial charge is 0.328 e. The third-order valence-corrected chi connectivity index (χ3v) is 3.74. The number of benzene rings is 1. The molecule has 0 unspecified atom stereocenters. The van der Waals surface area contributed by atoms with E-state index >= 15 is 0 Å². The lowest BCUT2D eigenvalue weighted by molar-refractivity contribution is -0.146. The van der Waals surface area contributed by atoms with Gasteiger partial charge >= 0.3 is 5.97 Å². The number of para-hydroxylation sites is 1. The summed E-state index contributed by atoms with van der Waals surface area (Å²) < 4.78 is 6.50. The molecule has 1 N–H and O–H groups in total. The number of carbonyl (C=O) groups excluding carboxylic acids is 2. The lowest BCUT2D eigenvalue weighted by Gasteiger charge is -2.19. The highest BCUT2D eigenvalue weighted by atomic mass is 16.5. The maximum atomic E-state index is 12.1. The fourth-order valence-electron chi connectivity index (χ4n) is 2.34. The minimum absolute atomic E-state index is 0.0257. The van der Waals surface area contributed by atoms with Crippen molar-refractivity contribution in [1.29, 1.82) is 0 Å². The van der Waals surface area contributed by atoms with Gasteiger partial charge in [0.1, 0.15) is 6.04 Å². The Labute approximate surface area is 141 Å². The van der Waals surface area contributed by atoms with Crippen LogP contribution in [0, 0.1) is 5.92 Å². The minimum atomic E-state index is -0.616. The van der Waals surface area contributed by atoms with Crippen LogP contribution in [0.25, 0.3) is 5.69 Å². The number of amides is 1. The molecule has 0 radical (unpaired) electrons. The Morgan fingerprint density at radius 3 is 2.58 bits per heavy atom. The van der Waals surface area contributed by atoms with E-state index in [1.165, 1.54) is 7.11 Å². The lowest BCUT2D eigenvalue weighted by Crippen LogP contribution is -2.45. The predicted octanol–water partition coefficient (Wildman–Crippen LogP) is 2.12. The first-order valence-corrected chi connectivity index (χ1v) is 7.97. The SMILES string of the molecule is COC(=O)[C@@H](NC(=O)CCc1cnn(-c2ccccc2)c1)C(C)C. The van der Waals surface area contributed by atoms with E-state index in [9.17, 15) is 9.59 Å². The molecular weight excluding hydrogens is 306 g/mol. The van der Waals surface area contributed by atoms with Crippen molar-refractivity contribution in [3.8, 4) is 5.69 Å². The number of methoxy groups -OCH3 is 1. The summed E-state index contributed by atoms with van der Waals surface area (Å²) in [5.41, 5.74) is 1.94. The standard InChI is InChI=1S/C18H23N3O3/c1-13(2)17(18(23)24-3)20-16(22)10-9-14-11-19-21(12-14)15-7-5-4-6-8-15/h4-8,11-13,17H,9-10H2,1-3H3,(H,20,22)/t17-/m0/s1. The molecule has 6 heteroatoms. The highest BCUT2D eigenvalue weighted by Crippen LogP contribution is 2.10. The van der Waals surface area contributed by atoms with E-state index in [2.05, 4.69) is 10.4 Å². The zero-order chi connectivity index (χ0) is 17.5. The van der Waals surface area contributed by atoms with E-state index in [-0.39, 0.29) is 11.8 Å². The summed E-state index contributed by atoms with van der Waals surface area (Å²) >= 11 is 0. The molecule has 0 bridgehead atoms. The molecule has 0 spiro atoms. The Kier molecular flexibility index (Phi) is 6.12. The fraction of sp³-hybridized carbons (Fsp3) is 0.389. The summed E-state index contributed by atoms with van der Waals surface area (Å²) in [5, 5.41) is 7.04. The number of aromatic nitrogens is 2. The average molecular weight is 329 g/mol. The van der Waals surface area contributed by atoms with Crippen molar-refractivity contribution in [2.24, 2.45) is 5.92 Å². The maximum absolute atomic E-state index is 12.1. The van der Waals surface area contributed by atoms with E-state index in [1.54, 1.807) is 10.9 Å². The number of carbonyl (C=O) groups is 2. The summed E-state index contributed by atoms with van der Waals surface area (Å²) in [7, 11) is 1.32. The summed E-state index contributed by atoms with van der Waals surface area (Å²) in [6.45, 7) is 3.73. The second-order valence-electron chi connectivity index (χ2n) is 5.94. The van der Waals surface area contributed by atoms with Gasteiger partial charge in [-0.15, -0.1) is 0 Å². The molecule has 2 aromatic rings. The summed E-state index contributed by atoms with van der Waals surface area (Å²) in [6, 6.07) is 9.16. The van der Waals surface area contributed by atoms with Crippen molar-refractivity contribution in [2.75, 3.05) is 7.11 Å². The molecule has 0 aliphatic carbocycles. The van der Waals surface area contributed by atoms with Crippen LogP contribution >= 0.6 is 0 Å². The Balaban J connectivity index is 1.90. The van der Waals surface area contributed by atoms with Crippen LogP contribution in [0.15, 0.2) is 42.7 Å². The molecular formula is C18H23N3O3. The van der Waals surface area contributed by atoms with Crippen LogP contribution in [-0.2, 0) is 20.7 Å². The number of hydrogen-bond acceptors (Lipinski definition) is 4. The average Bonchev–Trinajstić information content (AvgIpc) is 3.06. The number of ether oxygens (including phenoxy) is 1. The van der Waals surface area contributed by atoms with Crippen LogP contribution in [0.1, 0.15) is 25.8 Å². The topological polar surface area (TPSA) is 73.2 Å². The van der Waals surface area contributed by atoms with E-state index in [0.717, 1.165) is 11.3 Å². The molecule has 6 nitrogen and oxygen atoms in total. The van der Waals surface area contributed by atoms with Crippen LogP contribution in [0.3, 0.4) is 0 Å². The summed E-state index contributed by atoms with van der Waals surface area (Å²) in [4.78, 5) is 23.8. The van der Waals surface area contributed by atoms with Crippen molar-refractivity contribution in [3.63, 3.8) is 0 Å². The second kappa shape index (κ2) is 8.29. The van der Waals surface area contributed by atoms with Crippen LogP contribution < -0.4 is 5.32 Å². The number of aryl methyl sites for hydroxylation is 1. The van der Waals surface area contributed by atoms with Gasteiger partial charge in [-0.25, -0.2) is 9.48 Å². The van der Waals surface area contributed by atoms with Crippen molar-refractivity contribution < 1.29 is 14.3 Å². The van der Waals surface area contributed by atoms with Crippen molar-refractivity contribution in [2.45, 2.75) is 32.7 Å². The summed E-state index contributed by atoms with van der Waals surface area (Å²) in [5.74, 6) is -0.621. The second-order valence-corrected chi connectivity index (χ2v) is 5.94. The summed E-state index contributed by atoms with van der Waals surface area (Å²) in [6.07, 6.45) is 4.51. The zero-order valence-corrected chi connectivity index (χ0v) is 14.2. The van der Waals surface area contributed by atoms with Gasteiger partial charge in [0.2, 0.25) is 5.91 Å². The number of rotatable bonds is 7. The van der Waals surface area contributed by atoms with Crippen molar-refractivity contribution in [1.82, 2.24) is 15.1 Å². The quantitative estimate of drug-likeness (QED) is 0.790. The van der Waals surface area contributed by atoms with Gasteiger partial charge in [-0.2, -0.15) is 5.10 Å². The van der Waals surface area contributed by atoms with Gasteiger partial charge in [0.05, 0.1) is 19.0 Å². The van der Waals surface area contributed by atoms with Crippen LogP contribution in [0.5, 0.6) is 0 Å². The maximum Gasteiger partial charge on any atom is 0.328 e. The molecule has 1 heterocycles. The van der Waals surface area contributed by atoms with Gasteiger partial charge in [0.15, 0.2) is 0 Å². The highest BCUT2D eigenvalue weighted by molar-refractivity contribution is 5.84. The van der Waals surface area contributed by atoms with Crippen molar-refractivity contribution in [3.05, 3.63) is 48.3 Å². The van der Waals surface area contributed by atoms with E-state index in [4.69, 9.17) is 4.74 Å². The number of nitrogens with zero attached hydrogens (tertiary/aromatic N) is 2. The molecule has 1 atom stereocenters. The van der Waals surface area contributed by atoms with Gasteiger partial charge in [-0.1, -0.05) is 32.0 Å². The van der Waals surface area contributed by atoms with Crippen LogP contribution in [-0.4, -0.2) is 34.8 Å².